The van der Waals surface area contributed by atoms with Crippen molar-refractivity contribution >= 4 is 17.2 Å². The normalized spacial score (nSPS) is 12.8. The minimum absolute atomic E-state index is 0.324. The Hall–Kier alpha value is -0.800. The predicted molar refractivity (Wildman–Crippen MR) is 79.0 cm³/mol. The van der Waals surface area contributed by atoms with E-state index in [0.717, 1.165) is 23.7 Å². The summed E-state index contributed by atoms with van der Waals surface area (Å²) in [7, 11) is 0. The molecule has 0 aliphatic rings. The van der Waals surface area contributed by atoms with Crippen LogP contribution < -0.4 is 5.32 Å². The summed E-state index contributed by atoms with van der Waals surface area (Å²) >= 11 is 6.21. The second-order valence-electron chi connectivity index (χ2n) is 5.16. The monoisotopic (exact) mass is 269 g/mol. The fourth-order valence-corrected chi connectivity index (χ4v) is 2.14. The number of allylic oxidation sites excluding steroid dienone is 1. The van der Waals surface area contributed by atoms with E-state index < -0.39 is 0 Å². The first-order valence-corrected chi connectivity index (χ1v) is 6.94. The summed E-state index contributed by atoms with van der Waals surface area (Å²) in [6.07, 6.45) is 4.95. The third-order valence-electron chi connectivity index (χ3n) is 2.76. The molecule has 0 amide bonds. The molecule has 0 radical (unpaired) electrons. The van der Waals surface area contributed by atoms with Crippen molar-refractivity contribution in [3.8, 4) is 0 Å². The molecule has 0 aliphatic carbocycles. The Bertz CT molecular complexity index is 405. The third-order valence-corrected chi connectivity index (χ3v) is 3.04. The van der Waals surface area contributed by atoms with Crippen molar-refractivity contribution in [2.75, 3.05) is 6.54 Å². The zero-order chi connectivity index (χ0) is 13.7. The number of nitrogens with one attached hydrogen (secondary N) is 1. The van der Waals surface area contributed by atoms with Gasteiger partial charge in [-0.05, 0) is 39.3 Å². The molecule has 1 N–H and O–H groups in total. The molecule has 3 nitrogen and oxygen atoms in total. The average molecular weight is 270 g/mol. The highest BCUT2D eigenvalue weighted by atomic mass is 35.5. The van der Waals surface area contributed by atoms with Gasteiger partial charge >= 0.3 is 0 Å². The second-order valence-corrected chi connectivity index (χ2v) is 5.57. The van der Waals surface area contributed by atoms with E-state index in [1.165, 1.54) is 5.57 Å². The molecule has 0 saturated heterocycles. The molecular formula is C14H24ClN3. The molecule has 0 unspecified atom stereocenters. The van der Waals surface area contributed by atoms with Gasteiger partial charge in [-0.15, -0.1) is 0 Å². The third kappa shape index (κ3) is 4.14. The van der Waals surface area contributed by atoms with Crippen molar-refractivity contribution in [3.05, 3.63) is 23.0 Å². The Morgan fingerprint density at radius 1 is 1.44 bits per heavy atom. The van der Waals surface area contributed by atoms with Crippen molar-refractivity contribution in [1.29, 1.82) is 0 Å². The first kappa shape index (κ1) is 15.3. The molecule has 102 valence electrons. The van der Waals surface area contributed by atoms with Crippen molar-refractivity contribution in [2.45, 2.75) is 53.1 Å². The Kier molecular flexibility index (Phi) is 5.89. The van der Waals surface area contributed by atoms with E-state index in [4.69, 9.17) is 11.6 Å². The van der Waals surface area contributed by atoms with Crippen LogP contribution in [0.4, 0.5) is 0 Å². The number of aromatic nitrogens is 2. The molecule has 0 fully saturated rings. The number of hydrogen-bond donors (Lipinski definition) is 1. The maximum absolute atomic E-state index is 6.21. The van der Waals surface area contributed by atoms with Crippen LogP contribution in [0.15, 0.2) is 12.3 Å². The van der Waals surface area contributed by atoms with Crippen LogP contribution in [0.2, 0.25) is 5.02 Å². The van der Waals surface area contributed by atoms with Gasteiger partial charge in [-0.25, -0.2) is 0 Å². The molecule has 1 heterocycles. The van der Waals surface area contributed by atoms with Crippen LogP contribution in [0.5, 0.6) is 0 Å². The Morgan fingerprint density at radius 3 is 2.67 bits per heavy atom. The highest BCUT2D eigenvalue weighted by Crippen LogP contribution is 2.26. The lowest BCUT2D eigenvalue weighted by molar-refractivity contribution is 0.526. The van der Waals surface area contributed by atoms with Crippen LogP contribution in [-0.2, 0) is 0 Å². The first-order chi connectivity index (χ1) is 8.43. The minimum atomic E-state index is 0.324. The van der Waals surface area contributed by atoms with Gasteiger partial charge in [0.1, 0.15) is 0 Å². The summed E-state index contributed by atoms with van der Waals surface area (Å²) in [4.78, 5) is 0. The molecular weight excluding hydrogens is 246 g/mol. The average Bonchev–Trinajstić information content (AvgIpc) is 2.66. The van der Waals surface area contributed by atoms with E-state index in [1.807, 2.05) is 4.68 Å². The fraction of sp³-hybridized carbons (Fsp3) is 0.643. The van der Waals surface area contributed by atoms with Crippen molar-refractivity contribution < 1.29 is 0 Å². The zero-order valence-corrected chi connectivity index (χ0v) is 12.8. The molecule has 0 spiro atoms. The van der Waals surface area contributed by atoms with Crippen LogP contribution in [0.1, 0.15) is 52.8 Å². The molecule has 0 aromatic carbocycles. The van der Waals surface area contributed by atoms with Crippen LogP contribution in [-0.4, -0.2) is 22.4 Å². The van der Waals surface area contributed by atoms with Crippen LogP contribution in [0.25, 0.3) is 5.57 Å². The van der Waals surface area contributed by atoms with Gasteiger partial charge in [-0.3, -0.25) is 4.68 Å². The predicted octanol–water partition coefficient (Wildman–Crippen LogP) is 3.91. The molecule has 1 aromatic rings. The molecule has 1 rings (SSSR count). The van der Waals surface area contributed by atoms with Crippen molar-refractivity contribution in [3.63, 3.8) is 0 Å². The summed E-state index contributed by atoms with van der Waals surface area (Å²) in [6.45, 7) is 11.6. The largest absolute Gasteiger partial charge is 0.314 e. The summed E-state index contributed by atoms with van der Waals surface area (Å²) in [5.41, 5.74) is 2.23. The number of halogens is 1. The fourth-order valence-electron chi connectivity index (χ4n) is 1.86. The van der Waals surface area contributed by atoms with E-state index in [9.17, 15) is 0 Å². The summed E-state index contributed by atoms with van der Waals surface area (Å²) < 4.78 is 1.98. The van der Waals surface area contributed by atoms with Gasteiger partial charge in [0.05, 0.1) is 16.9 Å². The molecule has 0 aliphatic heterocycles. The van der Waals surface area contributed by atoms with Crippen molar-refractivity contribution in [2.24, 2.45) is 0 Å². The Labute approximate surface area is 115 Å². The minimum Gasteiger partial charge on any atom is -0.314 e. The maximum atomic E-state index is 6.21. The van der Waals surface area contributed by atoms with Gasteiger partial charge in [-0.2, -0.15) is 5.10 Å². The number of rotatable bonds is 6. The van der Waals surface area contributed by atoms with E-state index in [1.54, 1.807) is 6.20 Å². The summed E-state index contributed by atoms with van der Waals surface area (Å²) in [5, 5.41) is 8.45. The number of nitrogens with zero attached hydrogens (tertiary/aromatic N) is 2. The van der Waals surface area contributed by atoms with E-state index >= 15 is 0 Å². The van der Waals surface area contributed by atoms with E-state index in [0.29, 0.717) is 12.1 Å². The Morgan fingerprint density at radius 2 is 2.11 bits per heavy atom. The summed E-state index contributed by atoms with van der Waals surface area (Å²) in [6, 6.07) is 0.855. The first-order valence-electron chi connectivity index (χ1n) is 6.57. The zero-order valence-electron chi connectivity index (χ0n) is 12.0. The molecule has 18 heavy (non-hydrogen) atoms. The highest BCUT2D eigenvalue weighted by molar-refractivity contribution is 6.32. The summed E-state index contributed by atoms with van der Waals surface area (Å²) in [5.74, 6) is 0. The van der Waals surface area contributed by atoms with Crippen LogP contribution in [0, 0.1) is 0 Å². The highest BCUT2D eigenvalue weighted by Gasteiger charge is 2.12. The molecule has 0 bridgehead atoms. The lowest BCUT2D eigenvalue weighted by Gasteiger charge is -2.12. The van der Waals surface area contributed by atoms with Gasteiger partial charge in [0, 0.05) is 12.1 Å². The lowest BCUT2D eigenvalue weighted by Crippen LogP contribution is -2.23. The maximum Gasteiger partial charge on any atom is 0.0862 e. The smallest absolute Gasteiger partial charge is 0.0862 e. The van der Waals surface area contributed by atoms with Crippen molar-refractivity contribution in [1.82, 2.24) is 15.1 Å². The van der Waals surface area contributed by atoms with Crippen LogP contribution >= 0.6 is 11.6 Å². The molecule has 4 heteroatoms. The van der Waals surface area contributed by atoms with Gasteiger partial charge in [0.15, 0.2) is 0 Å². The van der Waals surface area contributed by atoms with Gasteiger partial charge in [0.2, 0.25) is 0 Å². The van der Waals surface area contributed by atoms with E-state index in [2.05, 4.69) is 51.1 Å². The van der Waals surface area contributed by atoms with E-state index in [-0.39, 0.29) is 0 Å². The van der Waals surface area contributed by atoms with Gasteiger partial charge < -0.3 is 5.32 Å². The SMILES string of the molecule is C/C(=C/CCNC(C)C)c1c(Cl)cnn1C(C)C. The molecule has 1 aromatic heterocycles. The molecule has 0 saturated carbocycles. The van der Waals surface area contributed by atoms with Crippen LogP contribution in [0.3, 0.4) is 0 Å². The van der Waals surface area contributed by atoms with Gasteiger partial charge in [-0.1, -0.05) is 31.5 Å². The Balaban J connectivity index is 2.73. The van der Waals surface area contributed by atoms with Gasteiger partial charge in [0.25, 0.3) is 0 Å². The number of hydrogen-bond acceptors (Lipinski definition) is 2. The standard InChI is InChI=1S/C14H24ClN3/c1-10(2)16-8-6-7-12(5)14-13(15)9-17-18(14)11(3)4/h7,9-11,16H,6,8H2,1-5H3/b12-7-. The lowest BCUT2D eigenvalue weighted by atomic mass is 10.1. The second kappa shape index (κ2) is 6.95. The molecule has 0 atom stereocenters. The topological polar surface area (TPSA) is 29.9 Å². The quantitative estimate of drug-likeness (QED) is 0.794.